The van der Waals surface area contributed by atoms with Gasteiger partial charge in [-0.05, 0) is 35.4 Å². The molecule has 0 atom stereocenters. The molecule has 0 N–H and O–H groups in total. The molecule has 1 heterocycles. The third-order valence-corrected chi connectivity index (χ3v) is 3.34. The Morgan fingerprint density at radius 3 is 2.29 bits per heavy atom. The minimum atomic E-state index is -3.44. The fourth-order valence-electron chi connectivity index (χ4n) is 1.69. The molecule has 1 aromatic carbocycles. The first-order chi connectivity index (χ1) is 7.91. The first-order valence-corrected chi connectivity index (χ1v) is 6.85. The Morgan fingerprint density at radius 2 is 1.76 bits per heavy atom. The highest BCUT2D eigenvalue weighted by atomic mass is 32.2. The predicted octanol–water partition coefficient (Wildman–Crippen LogP) is 0.683. The number of benzene rings is 1. The zero-order chi connectivity index (χ0) is 12.6. The van der Waals surface area contributed by atoms with Crippen LogP contribution in [0.15, 0.2) is 23.4 Å². The van der Waals surface area contributed by atoms with Gasteiger partial charge in [0.05, 0.1) is 5.69 Å². The zero-order valence-electron chi connectivity index (χ0n) is 9.75. The van der Waals surface area contributed by atoms with Crippen LogP contribution in [0.2, 0.25) is 0 Å². The van der Waals surface area contributed by atoms with Gasteiger partial charge >= 0.3 is 0 Å². The van der Waals surface area contributed by atoms with E-state index in [9.17, 15) is 8.42 Å². The lowest BCUT2D eigenvalue weighted by Crippen LogP contribution is -2.11. The molecule has 0 amide bonds. The Balaban J connectivity index is 2.75. The quantitative estimate of drug-likeness (QED) is 0.785. The van der Waals surface area contributed by atoms with Crippen LogP contribution in [-0.4, -0.2) is 34.9 Å². The third-order valence-electron chi connectivity index (χ3n) is 2.42. The Hall–Kier alpha value is -1.76. The lowest BCUT2D eigenvalue weighted by molar-refractivity contribution is 0.586. The topological polar surface area (TPSA) is 77.7 Å². The number of rotatable bonds is 2. The third kappa shape index (κ3) is 2.05. The van der Waals surface area contributed by atoms with Crippen molar-refractivity contribution in [1.82, 2.24) is 20.2 Å². The van der Waals surface area contributed by atoms with E-state index in [4.69, 9.17) is 0 Å². The lowest BCUT2D eigenvalue weighted by Gasteiger charge is -2.09. The van der Waals surface area contributed by atoms with Crippen molar-refractivity contribution in [3.8, 4) is 5.69 Å². The van der Waals surface area contributed by atoms with Crippen LogP contribution in [0, 0.1) is 13.8 Å². The average molecular weight is 252 g/mol. The number of hydrogen-bond donors (Lipinski definition) is 0. The lowest BCUT2D eigenvalue weighted by atomic mass is 10.1. The van der Waals surface area contributed by atoms with Gasteiger partial charge < -0.3 is 0 Å². The van der Waals surface area contributed by atoms with Crippen molar-refractivity contribution in [2.45, 2.75) is 19.0 Å². The normalized spacial score (nSPS) is 11.7. The summed E-state index contributed by atoms with van der Waals surface area (Å²) in [4.78, 5) is 0. The fraction of sp³-hybridized carbons (Fsp3) is 0.300. The molecular formula is C10H12N4O2S. The van der Waals surface area contributed by atoms with Gasteiger partial charge in [-0.15, -0.1) is 0 Å². The highest BCUT2D eigenvalue weighted by Gasteiger charge is 2.20. The van der Waals surface area contributed by atoms with Gasteiger partial charge in [-0.25, -0.2) is 8.42 Å². The largest absolute Gasteiger partial charge is 0.272 e. The molecular weight excluding hydrogens is 240 g/mol. The summed E-state index contributed by atoms with van der Waals surface area (Å²) in [7, 11) is -3.44. The first-order valence-electron chi connectivity index (χ1n) is 4.96. The van der Waals surface area contributed by atoms with E-state index < -0.39 is 9.84 Å². The van der Waals surface area contributed by atoms with Crippen LogP contribution in [0.3, 0.4) is 0 Å². The van der Waals surface area contributed by atoms with E-state index in [1.807, 2.05) is 32.0 Å². The van der Waals surface area contributed by atoms with Gasteiger partial charge in [-0.1, -0.05) is 23.3 Å². The second kappa shape index (κ2) is 3.92. The molecule has 0 aliphatic rings. The molecule has 0 unspecified atom stereocenters. The molecule has 0 saturated carbocycles. The Kier molecular flexibility index (Phi) is 2.70. The van der Waals surface area contributed by atoms with Crippen molar-refractivity contribution in [2.24, 2.45) is 0 Å². The maximum absolute atomic E-state index is 11.5. The maximum atomic E-state index is 11.5. The number of nitrogens with zero attached hydrogens (tertiary/aromatic N) is 4. The highest BCUT2D eigenvalue weighted by molar-refractivity contribution is 7.90. The molecule has 2 rings (SSSR count). The molecule has 0 spiro atoms. The van der Waals surface area contributed by atoms with Gasteiger partial charge in [0.15, 0.2) is 0 Å². The summed E-state index contributed by atoms with van der Waals surface area (Å²) in [6, 6.07) is 5.67. The summed E-state index contributed by atoms with van der Waals surface area (Å²) in [5, 5.41) is 10.6. The van der Waals surface area contributed by atoms with E-state index in [-0.39, 0.29) is 5.16 Å². The summed E-state index contributed by atoms with van der Waals surface area (Å²) in [6.07, 6.45) is 1.09. The molecule has 0 aliphatic heterocycles. The highest BCUT2D eigenvalue weighted by Crippen LogP contribution is 2.19. The summed E-state index contributed by atoms with van der Waals surface area (Å²) < 4.78 is 24.4. The molecule has 2 aromatic rings. The smallest absolute Gasteiger partial charge is 0.221 e. The van der Waals surface area contributed by atoms with E-state index in [1.54, 1.807) is 0 Å². The van der Waals surface area contributed by atoms with Crippen molar-refractivity contribution in [1.29, 1.82) is 0 Å². The van der Waals surface area contributed by atoms with Gasteiger partial charge in [0, 0.05) is 6.26 Å². The van der Waals surface area contributed by atoms with Crippen molar-refractivity contribution in [2.75, 3.05) is 6.26 Å². The second-order valence-corrected chi connectivity index (χ2v) is 5.80. The molecule has 0 saturated heterocycles. The van der Waals surface area contributed by atoms with Gasteiger partial charge in [0.2, 0.25) is 9.84 Å². The molecule has 90 valence electrons. The number of tetrazole rings is 1. The summed E-state index contributed by atoms with van der Waals surface area (Å²) in [6.45, 7) is 3.77. The molecule has 0 bridgehead atoms. The SMILES string of the molecule is Cc1cccc(C)c1-n1nnnc1S(C)(=O)=O. The fourth-order valence-corrected chi connectivity index (χ4v) is 2.32. The van der Waals surface area contributed by atoms with Crippen LogP contribution in [0.5, 0.6) is 0 Å². The Morgan fingerprint density at radius 1 is 1.18 bits per heavy atom. The molecule has 7 heteroatoms. The predicted molar refractivity (Wildman–Crippen MR) is 61.7 cm³/mol. The second-order valence-electron chi connectivity index (χ2n) is 3.89. The van der Waals surface area contributed by atoms with Crippen molar-refractivity contribution >= 4 is 9.84 Å². The maximum Gasteiger partial charge on any atom is 0.272 e. The van der Waals surface area contributed by atoms with E-state index in [2.05, 4.69) is 15.5 Å². The van der Waals surface area contributed by atoms with E-state index in [1.165, 1.54) is 4.68 Å². The number of para-hydroxylation sites is 1. The summed E-state index contributed by atoms with van der Waals surface area (Å²) in [5.74, 6) is 0. The molecule has 0 aliphatic carbocycles. The van der Waals surface area contributed by atoms with Crippen LogP contribution in [0.4, 0.5) is 0 Å². The minimum Gasteiger partial charge on any atom is -0.221 e. The number of hydrogen-bond acceptors (Lipinski definition) is 5. The summed E-state index contributed by atoms with van der Waals surface area (Å²) >= 11 is 0. The zero-order valence-corrected chi connectivity index (χ0v) is 10.6. The van der Waals surface area contributed by atoms with Crippen LogP contribution in [0.1, 0.15) is 11.1 Å². The molecule has 6 nitrogen and oxygen atoms in total. The Labute approximate surface area is 99.2 Å². The van der Waals surface area contributed by atoms with Crippen molar-refractivity contribution < 1.29 is 8.42 Å². The minimum absolute atomic E-state index is 0.144. The van der Waals surface area contributed by atoms with Crippen LogP contribution >= 0.6 is 0 Å². The van der Waals surface area contributed by atoms with Crippen LogP contribution in [-0.2, 0) is 9.84 Å². The average Bonchev–Trinajstić information content (AvgIpc) is 2.65. The first kappa shape index (κ1) is 11.7. The molecule has 0 fully saturated rings. The van der Waals surface area contributed by atoms with E-state index in [0.29, 0.717) is 5.69 Å². The number of sulfone groups is 1. The van der Waals surface area contributed by atoms with Crippen molar-refractivity contribution in [3.05, 3.63) is 29.3 Å². The van der Waals surface area contributed by atoms with Crippen molar-refractivity contribution in [3.63, 3.8) is 0 Å². The number of aromatic nitrogens is 4. The Bertz CT molecular complexity index is 640. The van der Waals surface area contributed by atoms with Crippen LogP contribution < -0.4 is 0 Å². The van der Waals surface area contributed by atoms with Gasteiger partial charge in [0.1, 0.15) is 0 Å². The number of aryl methyl sites for hydroxylation is 2. The van der Waals surface area contributed by atoms with E-state index in [0.717, 1.165) is 17.4 Å². The van der Waals surface area contributed by atoms with Gasteiger partial charge in [-0.3, -0.25) is 0 Å². The standard InChI is InChI=1S/C10H12N4O2S/c1-7-5-4-6-8(2)9(7)14-10(11-12-13-14)17(3,15)16/h4-6H,1-3H3. The van der Waals surface area contributed by atoms with Gasteiger partial charge in [0.25, 0.3) is 5.16 Å². The summed E-state index contributed by atoms with van der Waals surface area (Å²) in [5.41, 5.74) is 2.54. The monoisotopic (exact) mass is 252 g/mol. The molecule has 17 heavy (non-hydrogen) atoms. The molecule has 0 radical (unpaired) electrons. The van der Waals surface area contributed by atoms with Gasteiger partial charge in [-0.2, -0.15) is 4.68 Å². The molecule has 1 aromatic heterocycles. The van der Waals surface area contributed by atoms with E-state index >= 15 is 0 Å². The van der Waals surface area contributed by atoms with Crippen LogP contribution in [0.25, 0.3) is 5.69 Å².